The zero-order valence-electron chi connectivity index (χ0n) is 14.6. The van der Waals surface area contributed by atoms with Gasteiger partial charge in [-0.15, -0.1) is 0 Å². The van der Waals surface area contributed by atoms with E-state index in [9.17, 15) is 0 Å². The summed E-state index contributed by atoms with van der Waals surface area (Å²) >= 11 is 0. The number of hydrazine groups is 1. The number of furan rings is 1. The summed E-state index contributed by atoms with van der Waals surface area (Å²) in [6, 6.07) is 12.9. The largest absolute Gasteiger partial charge is 0.465 e. The lowest BCUT2D eigenvalue weighted by atomic mass is 10.00. The second-order valence-electron chi connectivity index (χ2n) is 6.88. The van der Waals surface area contributed by atoms with E-state index in [0.29, 0.717) is 5.92 Å². The van der Waals surface area contributed by atoms with Crippen LogP contribution in [-0.2, 0) is 6.42 Å². The summed E-state index contributed by atoms with van der Waals surface area (Å²) in [7, 11) is 0. The summed E-state index contributed by atoms with van der Waals surface area (Å²) in [4.78, 5) is 3.35. The number of para-hydroxylation sites is 1. The molecule has 5 heteroatoms. The van der Waals surface area contributed by atoms with Crippen molar-refractivity contribution in [3.8, 4) is 0 Å². The Balaban J connectivity index is 1.24. The van der Waals surface area contributed by atoms with Crippen molar-refractivity contribution in [2.75, 3.05) is 19.6 Å². The van der Waals surface area contributed by atoms with Crippen LogP contribution in [0.4, 0.5) is 0 Å². The molecular weight excluding hydrogens is 312 g/mol. The van der Waals surface area contributed by atoms with Gasteiger partial charge in [0.1, 0.15) is 11.5 Å². The van der Waals surface area contributed by atoms with Crippen LogP contribution in [0.1, 0.15) is 29.5 Å². The molecule has 2 atom stereocenters. The van der Waals surface area contributed by atoms with E-state index in [1.54, 1.807) is 0 Å². The Morgan fingerprint density at radius 3 is 3.00 bits per heavy atom. The van der Waals surface area contributed by atoms with E-state index in [0.717, 1.165) is 44.0 Å². The van der Waals surface area contributed by atoms with Gasteiger partial charge in [-0.1, -0.05) is 18.2 Å². The van der Waals surface area contributed by atoms with Gasteiger partial charge in [0.15, 0.2) is 0 Å². The zero-order valence-corrected chi connectivity index (χ0v) is 14.6. The fraction of sp³-hybridized carbons (Fsp3) is 0.400. The zero-order chi connectivity index (χ0) is 17.1. The number of hydrogen-bond donors (Lipinski definition) is 4. The standard InChI is InChI=1S/C20H26N4O/c1-14-8-9-19(25-14)20-16(13-23-24-20)11-21-10-4-5-15-12-22-18-7-3-2-6-17(15)18/h2-3,6-9,12,16,20-24H,4-5,10-11,13H2,1H3. The molecule has 5 nitrogen and oxygen atoms in total. The maximum Gasteiger partial charge on any atom is 0.122 e. The lowest BCUT2D eigenvalue weighted by molar-refractivity contribution is 0.360. The number of aryl methyl sites for hydroxylation is 2. The van der Waals surface area contributed by atoms with E-state index in [4.69, 9.17) is 4.42 Å². The first-order chi connectivity index (χ1) is 12.3. The molecule has 0 spiro atoms. The second-order valence-corrected chi connectivity index (χ2v) is 6.88. The van der Waals surface area contributed by atoms with Gasteiger partial charge in [-0.05, 0) is 50.1 Å². The Bertz CT molecular complexity index is 822. The van der Waals surface area contributed by atoms with Crippen LogP contribution in [0.3, 0.4) is 0 Å². The summed E-state index contributed by atoms with van der Waals surface area (Å²) in [5, 5.41) is 4.96. The van der Waals surface area contributed by atoms with Crippen molar-refractivity contribution < 1.29 is 4.42 Å². The molecule has 1 aliphatic heterocycles. The van der Waals surface area contributed by atoms with Crippen molar-refractivity contribution in [2.24, 2.45) is 5.92 Å². The van der Waals surface area contributed by atoms with Crippen LogP contribution in [0.2, 0.25) is 0 Å². The third kappa shape index (κ3) is 3.63. The first-order valence-corrected chi connectivity index (χ1v) is 9.12. The Morgan fingerprint density at radius 1 is 1.20 bits per heavy atom. The third-order valence-electron chi connectivity index (χ3n) is 5.04. The van der Waals surface area contributed by atoms with Crippen molar-refractivity contribution in [3.05, 3.63) is 59.7 Å². The number of fused-ring (bicyclic) bond motifs is 1. The number of aromatic nitrogens is 1. The number of H-pyrrole nitrogens is 1. The lowest BCUT2D eigenvalue weighted by Gasteiger charge is -2.17. The van der Waals surface area contributed by atoms with Crippen molar-refractivity contribution in [3.63, 3.8) is 0 Å². The van der Waals surface area contributed by atoms with Gasteiger partial charge in [-0.3, -0.25) is 5.43 Å². The van der Waals surface area contributed by atoms with Crippen LogP contribution in [0.15, 0.2) is 47.0 Å². The summed E-state index contributed by atoms with van der Waals surface area (Å²) in [6.07, 6.45) is 4.38. The minimum atomic E-state index is 0.245. The van der Waals surface area contributed by atoms with E-state index in [-0.39, 0.29) is 6.04 Å². The molecule has 0 amide bonds. The summed E-state index contributed by atoms with van der Waals surface area (Å²) in [5.41, 5.74) is 9.23. The summed E-state index contributed by atoms with van der Waals surface area (Å²) in [6.45, 7) is 4.96. The fourth-order valence-corrected chi connectivity index (χ4v) is 3.68. The molecule has 0 saturated carbocycles. The van der Waals surface area contributed by atoms with Gasteiger partial charge in [0.2, 0.25) is 0 Å². The number of aromatic amines is 1. The van der Waals surface area contributed by atoms with Crippen LogP contribution in [0, 0.1) is 12.8 Å². The fourth-order valence-electron chi connectivity index (χ4n) is 3.68. The maximum absolute atomic E-state index is 5.78. The Hall–Kier alpha value is -2.08. The molecule has 1 aliphatic rings. The highest BCUT2D eigenvalue weighted by Gasteiger charge is 2.29. The quantitative estimate of drug-likeness (QED) is 0.500. The SMILES string of the molecule is Cc1ccc(C2NNCC2CNCCCc2c[nH]c3ccccc23)o1. The van der Waals surface area contributed by atoms with Crippen molar-refractivity contribution in [2.45, 2.75) is 25.8 Å². The minimum absolute atomic E-state index is 0.245. The smallest absolute Gasteiger partial charge is 0.122 e. The molecular formula is C20H26N4O. The van der Waals surface area contributed by atoms with Crippen LogP contribution >= 0.6 is 0 Å². The molecule has 3 heterocycles. The van der Waals surface area contributed by atoms with Crippen LogP contribution in [-0.4, -0.2) is 24.6 Å². The van der Waals surface area contributed by atoms with Gasteiger partial charge in [0.05, 0.1) is 6.04 Å². The molecule has 0 radical (unpaired) electrons. The highest BCUT2D eigenvalue weighted by atomic mass is 16.3. The summed E-state index contributed by atoms with van der Waals surface area (Å²) < 4.78 is 5.78. The normalized spacial score (nSPS) is 20.5. The first-order valence-electron chi connectivity index (χ1n) is 9.12. The molecule has 3 aromatic rings. The topological polar surface area (TPSA) is 65.0 Å². The number of hydrogen-bond acceptors (Lipinski definition) is 4. The monoisotopic (exact) mass is 338 g/mol. The predicted molar refractivity (Wildman–Crippen MR) is 100 cm³/mol. The van der Waals surface area contributed by atoms with Crippen molar-refractivity contribution >= 4 is 10.9 Å². The average Bonchev–Trinajstić information content (AvgIpc) is 3.34. The molecule has 0 bridgehead atoms. The average molecular weight is 338 g/mol. The number of benzene rings is 1. The Morgan fingerprint density at radius 2 is 2.12 bits per heavy atom. The van der Waals surface area contributed by atoms with Gasteiger partial charge in [0.25, 0.3) is 0 Å². The highest BCUT2D eigenvalue weighted by molar-refractivity contribution is 5.82. The predicted octanol–water partition coefficient (Wildman–Crippen LogP) is 3.06. The van der Waals surface area contributed by atoms with E-state index in [2.05, 4.69) is 57.7 Å². The van der Waals surface area contributed by atoms with E-state index in [1.807, 2.05) is 13.0 Å². The molecule has 1 fully saturated rings. The lowest BCUT2D eigenvalue weighted by Crippen LogP contribution is -2.29. The van der Waals surface area contributed by atoms with Crippen molar-refractivity contribution in [1.82, 2.24) is 21.2 Å². The van der Waals surface area contributed by atoms with E-state index in [1.165, 1.54) is 16.5 Å². The van der Waals surface area contributed by atoms with Gasteiger partial charge in [0, 0.05) is 36.1 Å². The van der Waals surface area contributed by atoms with Gasteiger partial charge >= 0.3 is 0 Å². The molecule has 132 valence electrons. The minimum Gasteiger partial charge on any atom is -0.465 e. The molecule has 2 unspecified atom stereocenters. The molecule has 4 rings (SSSR count). The third-order valence-corrected chi connectivity index (χ3v) is 5.04. The van der Waals surface area contributed by atoms with E-state index < -0.39 is 0 Å². The molecule has 25 heavy (non-hydrogen) atoms. The molecule has 1 saturated heterocycles. The second kappa shape index (κ2) is 7.44. The first kappa shape index (κ1) is 16.4. The van der Waals surface area contributed by atoms with Gasteiger partial charge in [-0.2, -0.15) is 0 Å². The maximum atomic E-state index is 5.78. The molecule has 4 N–H and O–H groups in total. The number of nitrogens with one attached hydrogen (secondary N) is 4. The van der Waals surface area contributed by atoms with Crippen LogP contribution in [0.5, 0.6) is 0 Å². The van der Waals surface area contributed by atoms with Gasteiger partial charge < -0.3 is 14.7 Å². The molecule has 0 aliphatic carbocycles. The number of rotatable bonds is 7. The molecule has 1 aromatic carbocycles. The van der Waals surface area contributed by atoms with Gasteiger partial charge in [-0.25, -0.2) is 5.43 Å². The highest BCUT2D eigenvalue weighted by Crippen LogP contribution is 2.26. The van der Waals surface area contributed by atoms with Crippen LogP contribution < -0.4 is 16.2 Å². The molecule has 2 aromatic heterocycles. The Labute approximate surface area is 148 Å². The summed E-state index contributed by atoms with van der Waals surface area (Å²) in [5.74, 6) is 2.49. The van der Waals surface area contributed by atoms with E-state index >= 15 is 0 Å². The van der Waals surface area contributed by atoms with Crippen molar-refractivity contribution in [1.29, 1.82) is 0 Å². The van der Waals surface area contributed by atoms with Crippen LogP contribution in [0.25, 0.3) is 10.9 Å². The Kier molecular flexibility index (Phi) is 4.88.